The van der Waals surface area contributed by atoms with Gasteiger partial charge in [-0.3, -0.25) is 4.90 Å². The molecule has 25 heavy (non-hydrogen) atoms. The maximum Gasteiger partial charge on any atom is 0.122 e. The van der Waals surface area contributed by atoms with Crippen molar-refractivity contribution in [1.29, 1.82) is 0 Å². The summed E-state index contributed by atoms with van der Waals surface area (Å²) in [6, 6.07) is 6.18. The van der Waals surface area contributed by atoms with Gasteiger partial charge in [0, 0.05) is 32.7 Å². The molecule has 5 nitrogen and oxygen atoms in total. The summed E-state index contributed by atoms with van der Waals surface area (Å²) in [6.07, 6.45) is 0.782. The number of aliphatic hydroxyl groups is 1. The van der Waals surface area contributed by atoms with E-state index in [1.54, 1.807) is 0 Å². The Morgan fingerprint density at radius 1 is 1.20 bits per heavy atom. The maximum atomic E-state index is 10.3. The molecule has 2 aliphatic heterocycles. The minimum Gasteiger partial charge on any atom is -0.491 e. The summed E-state index contributed by atoms with van der Waals surface area (Å²) in [5.41, 5.74) is 2.30. The van der Waals surface area contributed by atoms with Gasteiger partial charge in [0.15, 0.2) is 0 Å². The highest BCUT2D eigenvalue weighted by Crippen LogP contribution is 2.21. The molecule has 1 aromatic rings. The number of rotatable bonds is 7. The molecule has 2 saturated heterocycles. The van der Waals surface area contributed by atoms with Crippen molar-refractivity contribution >= 4 is 0 Å². The molecule has 3 rings (SSSR count). The smallest absolute Gasteiger partial charge is 0.122 e. The molecule has 1 N–H and O–H groups in total. The van der Waals surface area contributed by atoms with Crippen LogP contribution in [-0.2, 0) is 4.74 Å². The van der Waals surface area contributed by atoms with Gasteiger partial charge in [0.2, 0.25) is 0 Å². The van der Waals surface area contributed by atoms with E-state index in [1.165, 1.54) is 12.0 Å². The van der Waals surface area contributed by atoms with Crippen molar-refractivity contribution in [3.05, 3.63) is 29.3 Å². The van der Waals surface area contributed by atoms with Crippen molar-refractivity contribution in [1.82, 2.24) is 9.80 Å². The first-order valence-electron chi connectivity index (χ1n) is 9.50. The third-order valence-electron chi connectivity index (χ3n) is 5.23. The van der Waals surface area contributed by atoms with E-state index >= 15 is 0 Å². The van der Waals surface area contributed by atoms with Gasteiger partial charge in [-0.05, 0) is 49.9 Å². The lowest BCUT2D eigenvalue weighted by atomic mass is 10.1. The number of aryl methyl sites for hydroxylation is 2. The predicted molar refractivity (Wildman–Crippen MR) is 99.2 cm³/mol. The van der Waals surface area contributed by atoms with E-state index in [0.717, 1.165) is 57.3 Å². The van der Waals surface area contributed by atoms with Crippen molar-refractivity contribution in [2.24, 2.45) is 5.92 Å². The number of aliphatic hydroxyl groups excluding tert-OH is 1. The van der Waals surface area contributed by atoms with Crippen molar-refractivity contribution in [3.63, 3.8) is 0 Å². The Hall–Kier alpha value is -1.14. The van der Waals surface area contributed by atoms with Crippen molar-refractivity contribution in [2.75, 3.05) is 59.1 Å². The Balaban J connectivity index is 1.38. The third kappa shape index (κ3) is 5.68. The molecule has 140 valence electrons. The molecule has 0 spiro atoms. The highest BCUT2D eigenvalue weighted by atomic mass is 16.5. The maximum absolute atomic E-state index is 10.3. The molecule has 5 heteroatoms. The van der Waals surface area contributed by atoms with Gasteiger partial charge < -0.3 is 19.5 Å². The van der Waals surface area contributed by atoms with E-state index in [1.807, 2.05) is 13.0 Å². The van der Waals surface area contributed by atoms with Crippen LogP contribution in [0, 0.1) is 19.8 Å². The molecule has 0 aliphatic carbocycles. The first-order chi connectivity index (χ1) is 12.1. The zero-order valence-electron chi connectivity index (χ0n) is 15.6. The second-order valence-electron chi connectivity index (χ2n) is 7.56. The highest BCUT2D eigenvalue weighted by Gasteiger charge is 2.26. The Morgan fingerprint density at radius 3 is 2.80 bits per heavy atom. The zero-order chi connectivity index (χ0) is 17.6. The first kappa shape index (κ1) is 18.6. The van der Waals surface area contributed by atoms with Crippen LogP contribution in [0.1, 0.15) is 17.5 Å². The van der Waals surface area contributed by atoms with Crippen LogP contribution in [0.2, 0.25) is 0 Å². The van der Waals surface area contributed by atoms with E-state index in [0.29, 0.717) is 19.1 Å². The van der Waals surface area contributed by atoms with Crippen molar-refractivity contribution in [2.45, 2.75) is 26.4 Å². The van der Waals surface area contributed by atoms with E-state index < -0.39 is 6.10 Å². The molecule has 0 aromatic heterocycles. The van der Waals surface area contributed by atoms with Crippen LogP contribution < -0.4 is 4.74 Å². The Kier molecular flexibility index (Phi) is 6.70. The van der Waals surface area contributed by atoms with Crippen LogP contribution >= 0.6 is 0 Å². The zero-order valence-corrected chi connectivity index (χ0v) is 15.6. The number of hydrogen-bond donors (Lipinski definition) is 1. The fraction of sp³-hybridized carbons (Fsp3) is 0.700. The Morgan fingerprint density at radius 2 is 2.00 bits per heavy atom. The Labute approximate surface area is 151 Å². The van der Waals surface area contributed by atoms with Gasteiger partial charge in [-0.2, -0.15) is 0 Å². The van der Waals surface area contributed by atoms with Crippen LogP contribution in [0.3, 0.4) is 0 Å². The second kappa shape index (κ2) is 8.99. The fourth-order valence-electron chi connectivity index (χ4n) is 3.78. The summed E-state index contributed by atoms with van der Waals surface area (Å²) in [4.78, 5) is 4.89. The van der Waals surface area contributed by atoms with Gasteiger partial charge in [-0.1, -0.05) is 12.1 Å². The normalized spacial score (nSPS) is 23.7. The minimum atomic E-state index is -0.443. The average molecular weight is 348 g/mol. The second-order valence-corrected chi connectivity index (χ2v) is 7.56. The molecular weight excluding hydrogens is 316 g/mol. The summed E-state index contributed by atoms with van der Waals surface area (Å²) in [5, 5.41) is 10.3. The van der Waals surface area contributed by atoms with Gasteiger partial charge in [0.1, 0.15) is 18.5 Å². The van der Waals surface area contributed by atoms with Gasteiger partial charge in [-0.25, -0.2) is 0 Å². The third-order valence-corrected chi connectivity index (χ3v) is 5.23. The standard InChI is InChI=1S/C20H32N2O3/c1-16-3-4-17(2)20(11-16)25-15-19(23)14-22-6-5-18(13-22)12-21-7-9-24-10-8-21/h3-4,11,18-19,23H,5-10,12-15H2,1-2H3. The molecule has 1 aromatic carbocycles. The van der Waals surface area contributed by atoms with Crippen LogP contribution in [0.4, 0.5) is 0 Å². The van der Waals surface area contributed by atoms with Crippen LogP contribution in [0.25, 0.3) is 0 Å². The predicted octanol–water partition coefficient (Wildman–Crippen LogP) is 1.70. The monoisotopic (exact) mass is 348 g/mol. The molecular formula is C20H32N2O3. The van der Waals surface area contributed by atoms with Gasteiger partial charge >= 0.3 is 0 Å². The van der Waals surface area contributed by atoms with Gasteiger partial charge in [-0.15, -0.1) is 0 Å². The number of likely N-dealkylation sites (tertiary alicyclic amines) is 1. The quantitative estimate of drug-likeness (QED) is 0.813. The topological polar surface area (TPSA) is 45.2 Å². The summed E-state index contributed by atoms with van der Waals surface area (Å²) in [6.45, 7) is 12.3. The number of nitrogens with zero attached hydrogens (tertiary/aromatic N) is 2. The van der Waals surface area contributed by atoms with Gasteiger partial charge in [0.05, 0.1) is 13.2 Å². The van der Waals surface area contributed by atoms with Gasteiger partial charge in [0.25, 0.3) is 0 Å². The number of benzene rings is 1. The SMILES string of the molecule is Cc1ccc(C)c(OCC(O)CN2CCC(CN3CCOCC3)C2)c1. The van der Waals surface area contributed by atoms with E-state index in [9.17, 15) is 5.11 Å². The summed E-state index contributed by atoms with van der Waals surface area (Å²) in [5.74, 6) is 1.59. The molecule has 0 saturated carbocycles. The highest BCUT2D eigenvalue weighted by molar-refractivity contribution is 5.35. The van der Waals surface area contributed by atoms with Crippen LogP contribution in [0.15, 0.2) is 18.2 Å². The molecule has 2 fully saturated rings. The molecule has 2 unspecified atom stereocenters. The lowest BCUT2D eigenvalue weighted by molar-refractivity contribution is 0.0304. The average Bonchev–Trinajstić information content (AvgIpc) is 3.03. The summed E-state index contributed by atoms with van der Waals surface area (Å²) < 4.78 is 11.3. The summed E-state index contributed by atoms with van der Waals surface area (Å²) >= 11 is 0. The number of hydrogen-bond acceptors (Lipinski definition) is 5. The largest absolute Gasteiger partial charge is 0.491 e. The molecule has 2 heterocycles. The minimum absolute atomic E-state index is 0.356. The lowest BCUT2D eigenvalue weighted by Gasteiger charge is -2.29. The Bertz CT molecular complexity index is 546. The molecule has 2 atom stereocenters. The molecule has 0 amide bonds. The van der Waals surface area contributed by atoms with E-state index in [-0.39, 0.29) is 0 Å². The molecule has 2 aliphatic rings. The number of morpholine rings is 1. The van der Waals surface area contributed by atoms with E-state index in [2.05, 4.69) is 28.9 Å². The first-order valence-corrected chi connectivity index (χ1v) is 9.50. The van der Waals surface area contributed by atoms with E-state index in [4.69, 9.17) is 9.47 Å². The fourth-order valence-corrected chi connectivity index (χ4v) is 3.78. The molecule has 0 bridgehead atoms. The van der Waals surface area contributed by atoms with Crippen molar-refractivity contribution in [3.8, 4) is 5.75 Å². The summed E-state index contributed by atoms with van der Waals surface area (Å²) in [7, 11) is 0. The van der Waals surface area contributed by atoms with Crippen LogP contribution in [-0.4, -0.2) is 80.1 Å². The molecule has 0 radical (unpaired) electrons. The number of ether oxygens (including phenoxy) is 2. The lowest BCUT2D eigenvalue weighted by Crippen LogP contribution is -2.40. The number of β-amino-alcohol motifs (C(OH)–C–C–N with tert-alkyl or cyclic N) is 1. The van der Waals surface area contributed by atoms with Crippen molar-refractivity contribution < 1.29 is 14.6 Å². The van der Waals surface area contributed by atoms with Crippen LogP contribution in [0.5, 0.6) is 5.75 Å².